The van der Waals surface area contributed by atoms with E-state index in [0.717, 1.165) is 77.0 Å². The molecule has 0 radical (unpaired) electrons. The van der Waals surface area contributed by atoms with Crippen molar-refractivity contribution in [3.63, 3.8) is 0 Å². The van der Waals surface area contributed by atoms with Gasteiger partial charge in [0.2, 0.25) is 0 Å². The molecule has 4 N–H and O–H groups in total. The first-order valence-corrected chi connectivity index (χ1v) is 17.9. The van der Waals surface area contributed by atoms with Crippen LogP contribution in [0, 0.1) is 11.8 Å². The highest BCUT2D eigenvalue weighted by atomic mass is 16.6. The maximum absolute atomic E-state index is 10.7. The maximum Gasteiger partial charge on any atom is 0.111 e. The van der Waals surface area contributed by atoms with Crippen molar-refractivity contribution in [2.24, 2.45) is 0 Å². The van der Waals surface area contributed by atoms with E-state index in [4.69, 9.17) is 14.6 Å². The standard InChI is InChI=1S/C36H66O6/c1-3-4-5-6-7-11-14-17-23-31(39)33-25-27-35(41-33)36-28-26-34(42-36)32(40)24-18-15-12-9-8-10-13-16-21-30(38)22-19-20-29(2)37/h29-40H,3-18,21-28H2,1-2H3/t29-,30-,31+,32-,33-,34-,35-,36-/m1/s1. The minimum Gasteiger partial charge on any atom is -0.392 e. The largest absolute Gasteiger partial charge is 0.392 e. The Kier molecular flexibility index (Phi) is 21.1. The molecule has 246 valence electrons. The van der Waals surface area contributed by atoms with Crippen LogP contribution < -0.4 is 0 Å². The molecule has 2 rings (SSSR count). The van der Waals surface area contributed by atoms with Crippen LogP contribution in [0.25, 0.3) is 0 Å². The molecule has 0 unspecified atom stereocenters. The van der Waals surface area contributed by atoms with Crippen LogP contribution in [0.4, 0.5) is 0 Å². The summed E-state index contributed by atoms with van der Waals surface area (Å²) in [5.74, 6) is 5.51. The van der Waals surface area contributed by atoms with E-state index < -0.39 is 12.2 Å². The molecule has 2 aliphatic rings. The molecule has 0 aromatic heterocycles. The van der Waals surface area contributed by atoms with Crippen molar-refractivity contribution in [3.8, 4) is 11.8 Å². The van der Waals surface area contributed by atoms with Gasteiger partial charge in [-0.2, -0.15) is 0 Å². The Balaban J connectivity index is 1.44. The van der Waals surface area contributed by atoms with Crippen LogP contribution in [0.3, 0.4) is 0 Å². The minimum atomic E-state index is -0.621. The first kappa shape index (κ1) is 37.5. The van der Waals surface area contributed by atoms with Gasteiger partial charge < -0.3 is 29.9 Å². The molecular formula is C36H66O6. The van der Waals surface area contributed by atoms with Gasteiger partial charge in [-0.3, -0.25) is 0 Å². The quantitative estimate of drug-likeness (QED) is 0.0688. The summed E-state index contributed by atoms with van der Waals surface area (Å²) in [5.41, 5.74) is 0. The van der Waals surface area contributed by atoms with Gasteiger partial charge in [-0.15, -0.1) is 0 Å². The molecular weight excluding hydrogens is 528 g/mol. The maximum atomic E-state index is 10.7. The first-order valence-electron chi connectivity index (χ1n) is 17.9. The van der Waals surface area contributed by atoms with Gasteiger partial charge >= 0.3 is 0 Å². The predicted octanol–water partition coefficient (Wildman–Crippen LogP) is 7.37. The molecule has 6 heteroatoms. The first-order chi connectivity index (χ1) is 20.4. The second-order valence-corrected chi connectivity index (χ2v) is 13.2. The number of unbranched alkanes of at least 4 members (excludes halogenated alkanes) is 14. The summed E-state index contributed by atoms with van der Waals surface area (Å²) in [7, 11) is 0. The fraction of sp³-hybridized carbons (Fsp3) is 0.944. The molecule has 2 aliphatic heterocycles. The van der Waals surface area contributed by atoms with Crippen molar-refractivity contribution in [1.29, 1.82) is 0 Å². The Bertz CT molecular complexity index is 703. The molecule has 0 aromatic rings. The second-order valence-electron chi connectivity index (χ2n) is 13.2. The lowest BCUT2D eigenvalue weighted by Crippen LogP contribution is -2.33. The summed E-state index contributed by atoms with van der Waals surface area (Å²) >= 11 is 0. The normalized spacial score (nSPS) is 25.2. The van der Waals surface area contributed by atoms with Crippen molar-refractivity contribution in [2.75, 3.05) is 0 Å². The lowest BCUT2D eigenvalue weighted by Gasteiger charge is -2.24. The molecule has 0 spiro atoms. The van der Waals surface area contributed by atoms with E-state index in [-0.39, 0.29) is 36.6 Å². The summed E-state index contributed by atoms with van der Waals surface area (Å²) in [4.78, 5) is 0. The zero-order valence-corrected chi connectivity index (χ0v) is 27.2. The second kappa shape index (κ2) is 23.7. The Hall–Kier alpha value is -0.680. The zero-order chi connectivity index (χ0) is 30.4. The topological polar surface area (TPSA) is 99.4 Å². The molecule has 0 saturated carbocycles. The van der Waals surface area contributed by atoms with Crippen LogP contribution in [0.15, 0.2) is 0 Å². The molecule has 8 atom stereocenters. The number of hydrogen-bond acceptors (Lipinski definition) is 6. The van der Waals surface area contributed by atoms with Crippen LogP contribution in [-0.2, 0) is 9.47 Å². The van der Waals surface area contributed by atoms with Crippen molar-refractivity contribution < 1.29 is 29.9 Å². The highest BCUT2D eigenvalue weighted by molar-refractivity contribution is 5.04. The number of aliphatic hydroxyl groups is 4. The third-order valence-corrected chi connectivity index (χ3v) is 9.23. The molecule has 42 heavy (non-hydrogen) atoms. The highest BCUT2D eigenvalue weighted by Gasteiger charge is 2.40. The van der Waals surface area contributed by atoms with Crippen molar-refractivity contribution in [3.05, 3.63) is 0 Å². The SMILES string of the molecule is CCCCCCCCCC[C@H](O)[C@H]1CC[C@H]([C@H]2CC[C@H]([C@H](O)CCCCCCCCCC[C@@H](O)CC#C[C@@H](C)O)O2)O1. The van der Waals surface area contributed by atoms with Crippen LogP contribution in [0.5, 0.6) is 0 Å². The van der Waals surface area contributed by atoms with E-state index in [9.17, 15) is 15.3 Å². The Morgan fingerprint density at radius 2 is 0.976 bits per heavy atom. The van der Waals surface area contributed by atoms with Crippen LogP contribution in [-0.4, -0.2) is 69.3 Å². The molecule has 2 saturated heterocycles. The molecule has 2 fully saturated rings. The van der Waals surface area contributed by atoms with E-state index in [1.165, 1.54) is 70.6 Å². The van der Waals surface area contributed by atoms with Gasteiger partial charge in [-0.25, -0.2) is 0 Å². The number of hydrogen-bond donors (Lipinski definition) is 4. The van der Waals surface area contributed by atoms with Gasteiger partial charge in [-0.1, -0.05) is 121 Å². The molecule has 0 aromatic carbocycles. The summed E-state index contributed by atoms with van der Waals surface area (Å²) in [5, 5.41) is 40.4. The third kappa shape index (κ3) is 17.0. The Labute approximate surface area is 258 Å². The van der Waals surface area contributed by atoms with E-state index in [0.29, 0.717) is 6.42 Å². The van der Waals surface area contributed by atoms with Gasteiger partial charge in [0.15, 0.2) is 0 Å². The smallest absolute Gasteiger partial charge is 0.111 e. The van der Waals surface area contributed by atoms with Gasteiger partial charge in [0.05, 0.1) is 42.7 Å². The van der Waals surface area contributed by atoms with Crippen LogP contribution >= 0.6 is 0 Å². The summed E-state index contributed by atoms with van der Waals surface area (Å²) in [6.45, 7) is 3.89. The monoisotopic (exact) mass is 594 g/mol. The number of aliphatic hydroxyl groups excluding tert-OH is 4. The number of ether oxygens (including phenoxy) is 2. The average molecular weight is 595 g/mol. The highest BCUT2D eigenvalue weighted by Crippen LogP contribution is 2.34. The molecule has 0 aliphatic carbocycles. The zero-order valence-electron chi connectivity index (χ0n) is 27.2. The van der Waals surface area contributed by atoms with Crippen molar-refractivity contribution >= 4 is 0 Å². The summed E-state index contributed by atoms with van der Waals surface area (Å²) in [6.07, 6.45) is 24.3. The van der Waals surface area contributed by atoms with Crippen LogP contribution in [0.1, 0.15) is 168 Å². The fourth-order valence-electron chi connectivity index (χ4n) is 6.57. The lowest BCUT2D eigenvalue weighted by atomic mass is 10.0. The van der Waals surface area contributed by atoms with Crippen molar-refractivity contribution in [1.82, 2.24) is 0 Å². The average Bonchev–Trinajstić information content (AvgIpc) is 3.66. The molecule has 0 bridgehead atoms. The van der Waals surface area contributed by atoms with Gasteiger partial charge in [-0.05, 0) is 51.9 Å². The molecule has 0 amide bonds. The minimum absolute atomic E-state index is 0.0556. The third-order valence-electron chi connectivity index (χ3n) is 9.23. The Morgan fingerprint density at radius 1 is 0.571 bits per heavy atom. The lowest BCUT2D eigenvalue weighted by molar-refractivity contribution is -0.110. The Morgan fingerprint density at radius 3 is 1.40 bits per heavy atom. The number of rotatable bonds is 24. The summed E-state index contributed by atoms with van der Waals surface area (Å²) < 4.78 is 12.5. The van der Waals surface area contributed by atoms with Gasteiger partial charge in [0, 0.05) is 6.42 Å². The molecule has 6 nitrogen and oxygen atoms in total. The summed E-state index contributed by atoms with van der Waals surface area (Å²) in [6, 6.07) is 0. The van der Waals surface area contributed by atoms with Gasteiger partial charge in [0.25, 0.3) is 0 Å². The van der Waals surface area contributed by atoms with E-state index in [2.05, 4.69) is 18.8 Å². The predicted molar refractivity (Wildman–Crippen MR) is 171 cm³/mol. The van der Waals surface area contributed by atoms with Crippen molar-refractivity contribution in [2.45, 2.75) is 217 Å². The van der Waals surface area contributed by atoms with Gasteiger partial charge in [0.1, 0.15) is 6.10 Å². The molecule has 2 heterocycles. The van der Waals surface area contributed by atoms with Crippen LogP contribution in [0.2, 0.25) is 0 Å². The van der Waals surface area contributed by atoms with E-state index >= 15 is 0 Å². The van der Waals surface area contributed by atoms with E-state index in [1.807, 2.05) is 0 Å². The van der Waals surface area contributed by atoms with E-state index in [1.54, 1.807) is 6.92 Å². The fourth-order valence-corrected chi connectivity index (χ4v) is 6.57.